The molecule has 0 N–H and O–H groups in total. The molecule has 0 bridgehead atoms. The molecule has 3 aromatic carbocycles. The normalized spacial score (nSPS) is 12.2. The molecule has 0 aliphatic rings. The van der Waals surface area contributed by atoms with Crippen molar-refractivity contribution in [1.29, 1.82) is 0 Å². The Labute approximate surface area is 197 Å². The van der Waals surface area contributed by atoms with E-state index in [0.29, 0.717) is 0 Å². The molecule has 0 amide bonds. The maximum atomic E-state index is 6.46. The predicted octanol–water partition coefficient (Wildman–Crippen LogP) is 7.90. The van der Waals surface area contributed by atoms with Gasteiger partial charge in [0.05, 0.1) is 5.39 Å². The number of hydrogen-bond donors (Lipinski definition) is 0. The molecule has 32 heavy (non-hydrogen) atoms. The highest BCUT2D eigenvalue weighted by atomic mass is 35.5. The minimum Gasteiger partial charge on any atom is -0.301 e. The molecule has 0 saturated heterocycles. The van der Waals surface area contributed by atoms with Gasteiger partial charge in [-0.2, -0.15) is 0 Å². The summed E-state index contributed by atoms with van der Waals surface area (Å²) in [4.78, 5) is 9.40. The molecule has 0 aliphatic carbocycles. The molecule has 0 radical (unpaired) electrons. The lowest BCUT2D eigenvalue weighted by Gasteiger charge is -2.12. The van der Waals surface area contributed by atoms with Crippen LogP contribution in [0, 0.1) is 6.92 Å². The van der Waals surface area contributed by atoms with Gasteiger partial charge in [-0.05, 0) is 42.7 Å². The quantitative estimate of drug-likeness (QED) is 0.199. The fourth-order valence-electron chi connectivity index (χ4n) is 3.85. The van der Waals surface area contributed by atoms with Gasteiger partial charge in [-0.1, -0.05) is 90.1 Å². The number of hydrogen-bond acceptors (Lipinski definition) is 3. The van der Waals surface area contributed by atoms with Crippen molar-refractivity contribution in [3.8, 4) is 16.8 Å². The highest BCUT2D eigenvalue weighted by molar-refractivity contribution is 7.99. The zero-order valence-corrected chi connectivity index (χ0v) is 19.4. The second-order valence-corrected chi connectivity index (χ2v) is 9.50. The summed E-state index contributed by atoms with van der Waals surface area (Å²) in [6.07, 6.45) is 3.80. The molecule has 0 aliphatic heterocycles. The number of halogens is 1. The average molecular weight is 456 g/mol. The van der Waals surface area contributed by atoms with Gasteiger partial charge in [0, 0.05) is 27.7 Å². The lowest BCUT2D eigenvalue weighted by atomic mass is 10.1. The van der Waals surface area contributed by atoms with Gasteiger partial charge in [0.1, 0.15) is 17.0 Å². The molecule has 0 saturated carbocycles. The molecule has 2 aromatic heterocycles. The summed E-state index contributed by atoms with van der Waals surface area (Å²) >= 11 is 8.22. The van der Waals surface area contributed by atoms with Crippen LogP contribution < -0.4 is 0 Å². The van der Waals surface area contributed by atoms with Gasteiger partial charge in [0.2, 0.25) is 0 Å². The fourth-order valence-corrected chi connectivity index (χ4v) is 5.08. The lowest BCUT2D eigenvalue weighted by molar-refractivity contribution is 1.03. The number of fused-ring (bicyclic) bond motifs is 1. The van der Waals surface area contributed by atoms with Crippen molar-refractivity contribution < 1.29 is 0 Å². The Bertz CT molecular complexity index is 1380. The molecule has 158 valence electrons. The summed E-state index contributed by atoms with van der Waals surface area (Å²) in [6, 6.07) is 27.0. The summed E-state index contributed by atoms with van der Waals surface area (Å²) < 4.78 is 2.11. The minimum absolute atomic E-state index is 0.259. The summed E-state index contributed by atoms with van der Waals surface area (Å²) in [5.74, 6) is 0. The molecular weight excluding hydrogens is 434 g/mol. The molecule has 0 unspecified atom stereocenters. The van der Waals surface area contributed by atoms with Gasteiger partial charge >= 0.3 is 0 Å². The summed E-state index contributed by atoms with van der Waals surface area (Å²) in [5.41, 5.74) is 6.44. The zero-order chi connectivity index (χ0) is 22.1. The van der Waals surface area contributed by atoms with E-state index in [9.17, 15) is 0 Å². The zero-order valence-electron chi connectivity index (χ0n) is 17.9. The molecule has 2 heterocycles. The first-order valence-electron chi connectivity index (χ1n) is 10.5. The third kappa shape index (κ3) is 3.92. The smallest absolute Gasteiger partial charge is 0.149 e. The van der Waals surface area contributed by atoms with Crippen LogP contribution in [0.5, 0.6) is 0 Å². The van der Waals surface area contributed by atoms with E-state index in [1.165, 1.54) is 5.56 Å². The monoisotopic (exact) mass is 455 g/mol. The highest BCUT2D eigenvalue weighted by Crippen LogP contribution is 2.41. The first-order chi connectivity index (χ1) is 15.6. The van der Waals surface area contributed by atoms with Gasteiger partial charge in [-0.15, -0.1) is 0 Å². The van der Waals surface area contributed by atoms with Crippen LogP contribution in [-0.2, 0) is 0 Å². The Morgan fingerprint density at radius 3 is 2.34 bits per heavy atom. The first kappa shape index (κ1) is 20.8. The van der Waals surface area contributed by atoms with Crippen LogP contribution in [0.25, 0.3) is 27.8 Å². The van der Waals surface area contributed by atoms with E-state index in [4.69, 9.17) is 21.6 Å². The Balaban J connectivity index is 1.70. The van der Waals surface area contributed by atoms with Crippen molar-refractivity contribution in [2.75, 3.05) is 0 Å². The first-order valence-corrected chi connectivity index (χ1v) is 11.8. The van der Waals surface area contributed by atoms with Crippen molar-refractivity contribution in [1.82, 2.24) is 14.5 Å². The minimum atomic E-state index is 0.259. The number of aryl methyl sites for hydroxylation is 1. The van der Waals surface area contributed by atoms with E-state index >= 15 is 0 Å². The number of thioether (sulfide) groups is 1. The maximum absolute atomic E-state index is 6.46. The maximum Gasteiger partial charge on any atom is 0.149 e. The molecule has 0 spiro atoms. The van der Waals surface area contributed by atoms with E-state index in [2.05, 4.69) is 72.3 Å². The summed E-state index contributed by atoms with van der Waals surface area (Å²) in [7, 11) is 0. The molecule has 3 nitrogen and oxygen atoms in total. The number of aromatic nitrogens is 3. The molecule has 5 heteroatoms. The van der Waals surface area contributed by atoms with Crippen LogP contribution >= 0.6 is 23.4 Å². The number of nitrogens with zero attached hydrogens (tertiary/aromatic N) is 3. The number of benzene rings is 3. The Morgan fingerprint density at radius 1 is 0.906 bits per heavy atom. The van der Waals surface area contributed by atoms with Crippen LogP contribution in [0.1, 0.15) is 23.3 Å². The van der Waals surface area contributed by atoms with Crippen LogP contribution in [-0.4, -0.2) is 14.5 Å². The van der Waals surface area contributed by atoms with E-state index in [0.717, 1.165) is 43.5 Å². The Hall–Kier alpha value is -3.08. The van der Waals surface area contributed by atoms with Crippen molar-refractivity contribution in [3.63, 3.8) is 0 Å². The second kappa shape index (κ2) is 8.81. The predicted molar refractivity (Wildman–Crippen MR) is 135 cm³/mol. The Kier molecular flexibility index (Phi) is 5.73. The van der Waals surface area contributed by atoms with Crippen LogP contribution in [0.4, 0.5) is 0 Å². The standard InChI is InChI=1S/C27H22ClN3S/c1-18-13-14-22(15-24(18)28)31-16-23(21-11-7-4-8-12-21)25-26(31)29-17-30-27(25)32-19(2)20-9-5-3-6-10-20/h3-17,19H,1-2H3/t19-/m1/s1. The van der Waals surface area contributed by atoms with Gasteiger partial charge in [0.25, 0.3) is 0 Å². The molecular formula is C27H22ClN3S. The van der Waals surface area contributed by atoms with Crippen molar-refractivity contribution in [2.45, 2.75) is 24.1 Å². The fraction of sp³-hybridized carbons (Fsp3) is 0.111. The third-order valence-electron chi connectivity index (χ3n) is 5.62. The van der Waals surface area contributed by atoms with Crippen molar-refractivity contribution in [2.24, 2.45) is 0 Å². The summed E-state index contributed by atoms with van der Waals surface area (Å²) in [6.45, 7) is 4.23. The largest absolute Gasteiger partial charge is 0.301 e. The van der Waals surface area contributed by atoms with E-state index in [-0.39, 0.29) is 5.25 Å². The SMILES string of the molecule is Cc1ccc(-n2cc(-c3ccccc3)c3c(S[C@H](C)c4ccccc4)ncnc32)cc1Cl. The molecule has 5 aromatic rings. The van der Waals surface area contributed by atoms with Gasteiger partial charge < -0.3 is 4.57 Å². The molecule has 5 rings (SSSR count). The molecule has 1 atom stereocenters. The van der Waals surface area contributed by atoms with E-state index in [1.54, 1.807) is 18.1 Å². The second-order valence-electron chi connectivity index (χ2n) is 7.76. The van der Waals surface area contributed by atoms with Crippen LogP contribution in [0.2, 0.25) is 5.02 Å². The lowest BCUT2D eigenvalue weighted by Crippen LogP contribution is -1.96. The third-order valence-corrected chi connectivity index (χ3v) is 7.19. The molecule has 0 fully saturated rings. The summed E-state index contributed by atoms with van der Waals surface area (Å²) in [5, 5.41) is 3.03. The van der Waals surface area contributed by atoms with Crippen LogP contribution in [0.15, 0.2) is 96.4 Å². The van der Waals surface area contributed by atoms with Gasteiger partial charge in [-0.25, -0.2) is 9.97 Å². The topological polar surface area (TPSA) is 30.7 Å². The number of rotatable bonds is 5. The van der Waals surface area contributed by atoms with Gasteiger partial charge in [-0.3, -0.25) is 0 Å². The highest BCUT2D eigenvalue weighted by Gasteiger charge is 2.20. The van der Waals surface area contributed by atoms with E-state index in [1.807, 2.05) is 31.2 Å². The van der Waals surface area contributed by atoms with E-state index < -0.39 is 0 Å². The Morgan fingerprint density at radius 2 is 1.62 bits per heavy atom. The van der Waals surface area contributed by atoms with Crippen molar-refractivity contribution >= 4 is 34.4 Å². The van der Waals surface area contributed by atoms with Crippen molar-refractivity contribution in [3.05, 3.63) is 108 Å². The van der Waals surface area contributed by atoms with Crippen LogP contribution in [0.3, 0.4) is 0 Å². The average Bonchev–Trinajstić information content (AvgIpc) is 3.23. The van der Waals surface area contributed by atoms with Gasteiger partial charge in [0.15, 0.2) is 0 Å².